The van der Waals surface area contributed by atoms with E-state index in [1.54, 1.807) is 0 Å². The third kappa shape index (κ3) is 2.44. The van der Waals surface area contributed by atoms with Gasteiger partial charge in [-0.15, -0.1) is 0 Å². The third-order valence-electron chi connectivity index (χ3n) is 2.16. The molecule has 2 aliphatic heterocycles. The second-order valence-corrected chi connectivity index (χ2v) is 3.28. The molecule has 0 aliphatic carbocycles. The number of β-amino-alcohol motifs (C(OH)–C–C–N with tert-alkyl or cyclic N) is 1. The van der Waals surface area contributed by atoms with Gasteiger partial charge >= 0.3 is 0 Å². The second kappa shape index (κ2) is 4.13. The molecule has 2 rings (SSSR count). The first kappa shape index (κ1) is 10.3. The number of ether oxygens (including phenoxy) is 2. The van der Waals surface area contributed by atoms with Gasteiger partial charge in [-0.1, -0.05) is 0 Å². The molecule has 7 nitrogen and oxygen atoms in total. The zero-order valence-corrected chi connectivity index (χ0v) is 8.01. The number of hydrogen-bond donors (Lipinski definition) is 2. The molecule has 2 unspecified atom stereocenters. The molecule has 2 fully saturated rings. The topological polar surface area (TPSA) is 91.2 Å². The molecule has 0 spiro atoms. The van der Waals surface area contributed by atoms with Crippen LogP contribution in [0.1, 0.15) is 0 Å². The summed E-state index contributed by atoms with van der Waals surface area (Å²) >= 11 is 0. The summed E-state index contributed by atoms with van der Waals surface area (Å²) in [6.07, 6.45) is -0.963. The van der Waals surface area contributed by atoms with Gasteiger partial charge in [0, 0.05) is 6.54 Å². The molecule has 2 amide bonds. The average Bonchev–Trinajstić information content (AvgIpc) is 3.09. The molecule has 2 aliphatic rings. The maximum atomic E-state index is 11.0. The molecule has 0 saturated carbocycles. The van der Waals surface area contributed by atoms with Crippen molar-refractivity contribution in [2.75, 3.05) is 26.5 Å². The van der Waals surface area contributed by atoms with E-state index in [1.165, 1.54) is 4.90 Å². The lowest BCUT2D eigenvalue weighted by atomic mass is 10.4. The summed E-state index contributed by atoms with van der Waals surface area (Å²) in [5, 5.41) is 11.0. The Morgan fingerprint density at radius 1 is 1.73 bits per heavy atom. The van der Waals surface area contributed by atoms with Crippen molar-refractivity contribution in [3.63, 3.8) is 0 Å². The van der Waals surface area contributed by atoms with Crippen molar-refractivity contribution in [3.05, 3.63) is 0 Å². The van der Waals surface area contributed by atoms with Gasteiger partial charge in [-0.25, -0.2) is 0 Å². The van der Waals surface area contributed by atoms with Crippen molar-refractivity contribution >= 4 is 11.8 Å². The minimum absolute atomic E-state index is 0.0168. The van der Waals surface area contributed by atoms with Crippen molar-refractivity contribution in [2.45, 2.75) is 12.3 Å². The lowest BCUT2D eigenvalue weighted by Gasteiger charge is -2.03. The first-order valence-corrected chi connectivity index (χ1v) is 4.66. The molecule has 84 valence electrons. The van der Waals surface area contributed by atoms with Crippen molar-refractivity contribution < 1.29 is 24.2 Å². The Bertz CT molecular complexity index is 278. The highest BCUT2D eigenvalue weighted by atomic mass is 16.6. The minimum atomic E-state index is -0.613. The predicted molar refractivity (Wildman–Crippen MR) is 46.4 cm³/mol. The lowest BCUT2D eigenvalue weighted by molar-refractivity contribution is -0.125. The van der Waals surface area contributed by atoms with E-state index in [9.17, 15) is 9.59 Å². The smallest absolute Gasteiger partial charge is 0.275 e. The SMILES string of the molecule is O=C(NCOC1C(=O)N1CCO)C1CO1. The van der Waals surface area contributed by atoms with Crippen LogP contribution in [0.2, 0.25) is 0 Å². The Morgan fingerprint density at radius 3 is 3.07 bits per heavy atom. The maximum absolute atomic E-state index is 11.0. The molecule has 0 radical (unpaired) electrons. The van der Waals surface area contributed by atoms with Gasteiger partial charge in [0.25, 0.3) is 11.8 Å². The van der Waals surface area contributed by atoms with Gasteiger partial charge in [-0.05, 0) is 0 Å². The van der Waals surface area contributed by atoms with Gasteiger partial charge in [0.15, 0.2) is 6.10 Å². The molecule has 2 atom stereocenters. The average molecular weight is 216 g/mol. The fourth-order valence-electron chi connectivity index (χ4n) is 1.20. The zero-order chi connectivity index (χ0) is 10.8. The Hall–Kier alpha value is -1.18. The minimum Gasteiger partial charge on any atom is -0.395 e. The summed E-state index contributed by atoms with van der Waals surface area (Å²) in [5.74, 6) is -0.391. The number of aliphatic hydroxyl groups excluding tert-OH is 1. The summed E-state index contributed by atoms with van der Waals surface area (Å²) in [5.41, 5.74) is 0. The highest BCUT2D eigenvalue weighted by Gasteiger charge is 2.46. The van der Waals surface area contributed by atoms with Crippen LogP contribution in [0.5, 0.6) is 0 Å². The lowest BCUT2D eigenvalue weighted by Crippen LogP contribution is -2.31. The normalized spacial score (nSPS) is 27.8. The van der Waals surface area contributed by atoms with E-state index in [4.69, 9.17) is 14.6 Å². The first-order valence-electron chi connectivity index (χ1n) is 4.66. The van der Waals surface area contributed by atoms with Crippen LogP contribution in [-0.2, 0) is 19.1 Å². The standard InChI is InChI=1S/C8H12N2O5/c11-2-1-10-7(13)8(10)15-4-9-6(12)5-3-14-5/h5,8,11H,1-4H2,(H,9,12). The van der Waals surface area contributed by atoms with Crippen LogP contribution in [-0.4, -0.2) is 60.6 Å². The Morgan fingerprint density at radius 2 is 2.47 bits per heavy atom. The van der Waals surface area contributed by atoms with Crippen LogP contribution < -0.4 is 5.32 Å². The van der Waals surface area contributed by atoms with E-state index in [0.717, 1.165) is 0 Å². The number of carbonyl (C=O) groups is 2. The molecular weight excluding hydrogens is 204 g/mol. The van der Waals surface area contributed by atoms with Crippen molar-refractivity contribution in [1.29, 1.82) is 0 Å². The second-order valence-electron chi connectivity index (χ2n) is 3.28. The molecule has 0 aromatic carbocycles. The number of hydrogen-bond acceptors (Lipinski definition) is 5. The molecule has 7 heteroatoms. The Labute approximate surface area is 85.9 Å². The molecule has 0 aromatic heterocycles. The largest absolute Gasteiger partial charge is 0.395 e. The third-order valence-corrected chi connectivity index (χ3v) is 2.16. The van der Waals surface area contributed by atoms with E-state index in [1.807, 2.05) is 0 Å². The Balaban J connectivity index is 1.58. The maximum Gasteiger partial charge on any atom is 0.275 e. The number of carbonyl (C=O) groups excluding carboxylic acids is 2. The van der Waals surface area contributed by atoms with Gasteiger partial charge in [0.2, 0.25) is 6.23 Å². The van der Waals surface area contributed by atoms with Gasteiger partial charge in [-0.2, -0.15) is 0 Å². The van der Waals surface area contributed by atoms with Gasteiger partial charge in [0.1, 0.15) is 6.73 Å². The molecule has 15 heavy (non-hydrogen) atoms. The number of nitrogens with one attached hydrogen (secondary N) is 1. The number of nitrogens with zero attached hydrogens (tertiary/aromatic N) is 1. The summed E-state index contributed by atoms with van der Waals surface area (Å²) in [4.78, 5) is 23.4. The quantitative estimate of drug-likeness (QED) is 0.382. The first-order chi connectivity index (χ1) is 7.24. The van der Waals surface area contributed by atoms with E-state index in [2.05, 4.69) is 5.32 Å². The van der Waals surface area contributed by atoms with Gasteiger partial charge in [-0.3, -0.25) is 9.59 Å². The van der Waals surface area contributed by atoms with Crippen LogP contribution in [0.15, 0.2) is 0 Å². The monoisotopic (exact) mass is 216 g/mol. The molecule has 0 aromatic rings. The highest BCUT2D eigenvalue weighted by Crippen LogP contribution is 2.19. The van der Waals surface area contributed by atoms with Gasteiger partial charge in [0.05, 0.1) is 13.2 Å². The van der Waals surface area contributed by atoms with Crippen LogP contribution in [0.4, 0.5) is 0 Å². The molecule has 2 saturated heterocycles. The van der Waals surface area contributed by atoms with Crippen LogP contribution in [0.3, 0.4) is 0 Å². The van der Waals surface area contributed by atoms with E-state index >= 15 is 0 Å². The van der Waals surface area contributed by atoms with E-state index in [0.29, 0.717) is 6.61 Å². The van der Waals surface area contributed by atoms with E-state index < -0.39 is 6.23 Å². The van der Waals surface area contributed by atoms with Crippen molar-refractivity contribution in [1.82, 2.24) is 10.2 Å². The number of epoxide rings is 1. The number of aliphatic hydroxyl groups is 1. The van der Waals surface area contributed by atoms with Crippen LogP contribution in [0, 0.1) is 0 Å². The zero-order valence-electron chi connectivity index (χ0n) is 8.01. The number of rotatable bonds is 6. The van der Waals surface area contributed by atoms with Gasteiger partial charge < -0.3 is 24.8 Å². The Kier molecular flexibility index (Phi) is 2.85. The number of amides is 2. The summed E-state index contributed by atoms with van der Waals surface area (Å²) in [7, 11) is 0. The van der Waals surface area contributed by atoms with E-state index in [-0.39, 0.29) is 37.8 Å². The molecule has 2 N–H and O–H groups in total. The van der Waals surface area contributed by atoms with Crippen molar-refractivity contribution in [3.8, 4) is 0 Å². The predicted octanol–water partition coefficient (Wildman–Crippen LogP) is -2.36. The molecular formula is C8H12N2O5. The van der Waals surface area contributed by atoms with Crippen LogP contribution in [0.25, 0.3) is 0 Å². The highest BCUT2D eigenvalue weighted by molar-refractivity contribution is 5.95. The summed E-state index contributed by atoms with van der Waals surface area (Å²) < 4.78 is 9.80. The fourth-order valence-corrected chi connectivity index (χ4v) is 1.20. The molecule has 2 heterocycles. The van der Waals surface area contributed by atoms with Crippen molar-refractivity contribution in [2.24, 2.45) is 0 Å². The van der Waals surface area contributed by atoms with Crippen LogP contribution >= 0.6 is 0 Å². The fraction of sp³-hybridized carbons (Fsp3) is 0.750. The summed E-state index contributed by atoms with van der Waals surface area (Å²) in [6.45, 7) is 0.610. The summed E-state index contributed by atoms with van der Waals surface area (Å²) in [6, 6.07) is 0. The molecule has 0 bridgehead atoms.